The average Bonchev–Trinajstić information content (AvgIpc) is 3.24. The molecule has 0 aromatic heterocycles. The molecule has 1 saturated carbocycles. The molecule has 0 aromatic carbocycles. The van der Waals surface area contributed by atoms with Gasteiger partial charge in [0.25, 0.3) is 0 Å². The first-order valence-electron chi connectivity index (χ1n) is 10.2. The zero-order chi connectivity index (χ0) is 16.6. The van der Waals surface area contributed by atoms with E-state index >= 15 is 0 Å². The average molecular weight is 310 g/mol. The minimum Gasteiger partial charge on any atom is -0.300 e. The Morgan fingerprint density at radius 2 is 1.59 bits per heavy atom. The van der Waals surface area contributed by atoms with Gasteiger partial charge in [-0.1, -0.05) is 67.2 Å². The second-order valence-corrected chi connectivity index (χ2v) is 8.49. The van der Waals surface area contributed by atoms with E-state index in [0.717, 1.165) is 17.9 Å². The van der Waals surface area contributed by atoms with Crippen LogP contribution in [0, 0.1) is 17.3 Å². The second kappa shape index (κ2) is 9.96. The first kappa shape index (κ1) is 20.0. The Kier molecular flexibility index (Phi) is 9.05. The van der Waals surface area contributed by atoms with Crippen molar-refractivity contribution in [2.24, 2.45) is 17.3 Å². The summed E-state index contributed by atoms with van der Waals surface area (Å²) in [6.07, 6.45) is 12.5. The molecule has 0 N–H and O–H groups in total. The molecule has 3 unspecified atom stereocenters. The fourth-order valence-corrected chi connectivity index (χ4v) is 3.58. The number of hydrogen-bond acceptors (Lipinski definition) is 1. The summed E-state index contributed by atoms with van der Waals surface area (Å²) in [4.78, 5) is 2.88. The first-order valence-corrected chi connectivity index (χ1v) is 10.2. The largest absolute Gasteiger partial charge is 0.300 e. The summed E-state index contributed by atoms with van der Waals surface area (Å²) in [5.41, 5.74) is 0.651. The van der Waals surface area contributed by atoms with Gasteiger partial charge in [0.05, 0.1) is 0 Å². The predicted octanol–water partition coefficient (Wildman–Crippen LogP) is 6.52. The van der Waals surface area contributed by atoms with Gasteiger partial charge in [-0.3, -0.25) is 4.90 Å². The van der Waals surface area contributed by atoms with Gasteiger partial charge in [0.1, 0.15) is 0 Å². The Hall–Kier alpha value is -0.0400. The van der Waals surface area contributed by atoms with E-state index in [2.05, 4.69) is 46.4 Å². The highest BCUT2D eigenvalue weighted by molar-refractivity contribution is 4.92. The highest BCUT2D eigenvalue weighted by Crippen LogP contribution is 2.46. The Balaban J connectivity index is 2.53. The smallest absolute Gasteiger partial charge is 0.00928 e. The van der Waals surface area contributed by atoms with E-state index < -0.39 is 0 Å². The van der Waals surface area contributed by atoms with Crippen molar-refractivity contribution in [1.29, 1.82) is 0 Å². The van der Waals surface area contributed by atoms with Crippen molar-refractivity contribution in [3.63, 3.8) is 0 Å². The van der Waals surface area contributed by atoms with E-state index in [1.54, 1.807) is 0 Å². The standard InChI is InChI=1S/C21H43N/c1-7-10-11-12-20(9-3)22(17-21(6)14-15-21)16-13-19(5)18(4)8-2/h18-20H,7-17H2,1-6H3. The lowest BCUT2D eigenvalue weighted by Gasteiger charge is -2.35. The monoisotopic (exact) mass is 309 g/mol. The first-order chi connectivity index (χ1) is 10.5. The van der Waals surface area contributed by atoms with Crippen LogP contribution < -0.4 is 0 Å². The lowest BCUT2D eigenvalue weighted by molar-refractivity contribution is 0.134. The van der Waals surface area contributed by atoms with Crippen LogP contribution in [0.4, 0.5) is 0 Å². The van der Waals surface area contributed by atoms with E-state index in [1.807, 2.05) is 0 Å². The molecule has 0 bridgehead atoms. The second-order valence-electron chi connectivity index (χ2n) is 8.49. The Morgan fingerprint density at radius 3 is 2.09 bits per heavy atom. The minimum absolute atomic E-state index is 0.651. The van der Waals surface area contributed by atoms with Gasteiger partial charge < -0.3 is 0 Å². The van der Waals surface area contributed by atoms with Crippen molar-refractivity contribution in [2.75, 3.05) is 13.1 Å². The molecule has 3 atom stereocenters. The van der Waals surface area contributed by atoms with Crippen molar-refractivity contribution < 1.29 is 0 Å². The highest BCUT2D eigenvalue weighted by Gasteiger charge is 2.39. The van der Waals surface area contributed by atoms with Crippen LogP contribution in [-0.4, -0.2) is 24.0 Å². The molecule has 0 aliphatic heterocycles. The van der Waals surface area contributed by atoms with Crippen molar-refractivity contribution in [3.05, 3.63) is 0 Å². The fraction of sp³-hybridized carbons (Fsp3) is 1.00. The van der Waals surface area contributed by atoms with Crippen LogP contribution in [0.2, 0.25) is 0 Å². The van der Waals surface area contributed by atoms with Crippen LogP contribution in [0.1, 0.15) is 99.3 Å². The third kappa shape index (κ3) is 7.02. The molecular formula is C21H43N. The normalized spacial score (nSPS) is 20.9. The molecule has 1 aliphatic carbocycles. The minimum atomic E-state index is 0.651. The van der Waals surface area contributed by atoms with Crippen LogP contribution >= 0.6 is 0 Å². The maximum Gasteiger partial charge on any atom is 0.00928 e. The van der Waals surface area contributed by atoms with Crippen LogP contribution in [0.25, 0.3) is 0 Å². The molecule has 0 heterocycles. The number of rotatable bonds is 13. The molecule has 1 rings (SSSR count). The third-order valence-electron chi connectivity index (χ3n) is 6.30. The van der Waals surface area contributed by atoms with Crippen molar-refractivity contribution in [1.82, 2.24) is 4.90 Å². The van der Waals surface area contributed by atoms with E-state index in [9.17, 15) is 0 Å². The van der Waals surface area contributed by atoms with Crippen molar-refractivity contribution in [3.8, 4) is 0 Å². The van der Waals surface area contributed by atoms with Crippen molar-refractivity contribution >= 4 is 0 Å². The summed E-state index contributed by atoms with van der Waals surface area (Å²) < 4.78 is 0. The molecular weight excluding hydrogens is 266 g/mol. The Morgan fingerprint density at radius 1 is 0.909 bits per heavy atom. The molecule has 132 valence electrons. The predicted molar refractivity (Wildman–Crippen MR) is 100 cm³/mol. The highest BCUT2D eigenvalue weighted by atomic mass is 15.2. The van der Waals surface area contributed by atoms with Gasteiger partial charge in [-0.25, -0.2) is 0 Å². The molecule has 22 heavy (non-hydrogen) atoms. The van der Waals surface area contributed by atoms with E-state index in [-0.39, 0.29) is 0 Å². The zero-order valence-corrected chi connectivity index (χ0v) is 16.5. The number of hydrogen-bond donors (Lipinski definition) is 0. The van der Waals surface area contributed by atoms with Gasteiger partial charge in [-0.2, -0.15) is 0 Å². The lowest BCUT2D eigenvalue weighted by atomic mass is 9.90. The molecule has 1 aliphatic rings. The molecule has 1 nitrogen and oxygen atoms in total. The molecule has 1 fully saturated rings. The maximum atomic E-state index is 2.88. The van der Waals surface area contributed by atoms with Gasteiger partial charge in [0, 0.05) is 12.6 Å². The quantitative estimate of drug-likeness (QED) is 0.350. The third-order valence-corrected chi connectivity index (χ3v) is 6.30. The number of unbranched alkanes of at least 4 members (excludes halogenated alkanes) is 2. The summed E-state index contributed by atoms with van der Waals surface area (Å²) >= 11 is 0. The van der Waals surface area contributed by atoms with E-state index in [1.165, 1.54) is 70.9 Å². The SMILES string of the molecule is CCCCCC(CC)N(CCC(C)C(C)CC)CC1(C)CC1. The summed E-state index contributed by atoms with van der Waals surface area (Å²) in [6, 6.07) is 0.827. The van der Waals surface area contributed by atoms with E-state index in [4.69, 9.17) is 0 Å². The van der Waals surface area contributed by atoms with Gasteiger partial charge in [-0.15, -0.1) is 0 Å². The van der Waals surface area contributed by atoms with E-state index in [0.29, 0.717) is 5.41 Å². The molecule has 0 spiro atoms. The molecule has 0 saturated heterocycles. The van der Waals surface area contributed by atoms with Gasteiger partial charge >= 0.3 is 0 Å². The molecule has 0 radical (unpaired) electrons. The fourth-order valence-electron chi connectivity index (χ4n) is 3.58. The van der Waals surface area contributed by atoms with Crippen LogP contribution in [-0.2, 0) is 0 Å². The Bertz CT molecular complexity index is 282. The molecule has 0 amide bonds. The summed E-state index contributed by atoms with van der Waals surface area (Å²) in [7, 11) is 0. The van der Waals surface area contributed by atoms with Crippen LogP contribution in [0.15, 0.2) is 0 Å². The molecule has 1 heteroatoms. The summed E-state index contributed by atoms with van der Waals surface area (Å²) in [5.74, 6) is 1.74. The lowest BCUT2D eigenvalue weighted by Crippen LogP contribution is -2.40. The Labute approximate surface area is 141 Å². The summed E-state index contributed by atoms with van der Waals surface area (Å²) in [5, 5.41) is 0. The molecule has 0 aromatic rings. The maximum absolute atomic E-state index is 2.88. The van der Waals surface area contributed by atoms with Gasteiger partial charge in [0.2, 0.25) is 0 Å². The van der Waals surface area contributed by atoms with Gasteiger partial charge in [-0.05, 0) is 55.9 Å². The van der Waals surface area contributed by atoms with Crippen LogP contribution in [0.5, 0.6) is 0 Å². The number of nitrogens with zero attached hydrogens (tertiary/aromatic N) is 1. The zero-order valence-electron chi connectivity index (χ0n) is 16.5. The van der Waals surface area contributed by atoms with Gasteiger partial charge in [0.15, 0.2) is 0 Å². The van der Waals surface area contributed by atoms with Crippen molar-refractivity contribution in [2.45, 2.75) is 105 Å². The summed E-state index contributed by atoms with van der Waals surface area (Å²) in [6.45, 7) is 17.1. The van der Waals surface area contributed by atoms with Crippen LogP contribution in [0.3, 0.4) is 0 Å². The topological polar surface area (TPSA) is 3.24 Å².